The first-order chi connectivity index (χ1) is 13.0. The minimum absolute atomic E-state index is 0.169. The van der Waals surface area contributed by atoms with E-state index in [9.17, 15) is 14.4 Å². The van der Waals surface area contributed by atoms with Crippen LogP contribution in [0.3, 0.4) is 0 Å². The molecule has 1 atom stereocenters. The fourth-order valence-corrected chi connectivity index (χ4v) is 3.25. The molecular formula is C19H25N5O3. The van der Waals surface area contributed by atoms with Gasteiger partial charge in [0.05, 0.1) is 0 Å². The van der Waals surface area contributed by atoms with E-state index in [4.69, 9.17) is 0 Å². The molecule has 1 saturated heterocycles. The summed E-state index contributed by atoms with van der Waals surface area (Å²) in [4.78, 5) is 36.8. The highest BCUT2D eigenvalue weighted by molar-refractivity contribution is 5.87. The third-order valence-corrected chi connectivity index (χ3v) is 4.74. The van der Waals surface area contributed by atoms with Crippen molar-refractivity contribution in [2.45, 2.75) is 51.7 Å². The molecule has 0 radical (unpaired) electrons. The number of hydrogen-bond donors (Lipinski definition) is 2. The van der Waals surface area contributed by atoms with Crippen molar-refractivity contribution in [3.05, 3.63) is 52.2 Å². The van der Waals surface area contributed by atoms with E-state index in [2.05, 4.69) is 15.7 Å². The van der Waals surface area contributed by atoms with E-state index in [1.54, 1.807) is 11.5 Å². The van der Waals surface area contributed by atoms with Crippen molar-refractivity contribution in [3.63, 3.8) is 0 Å². The third-order valence-electron chi connectivity index (χ3n) is 4.74. The number of carbonyl (C=O) groups excluding carboxylic acids is 2. The van der Waals surface area contributed by atoms with Crippen LogP contribution < -0.4 is 16.3 Å². The summed E-state index contributed by atoms with van der Waals surface area (Å²) >= 11 is 0. The summed E-state index contributed by atoms with van der Waals surface area (Å²) in [5.41, 5.74) is 0.817. The van der Waals surface area contributed by atoms with Gasteiger partial charge in [-0.25, -0.2) is 9.48 Å². The van der Waals surface area contributed by atoms with Gasteiger partial charge in [-0.3, -0.25) is 14.2 Å². The van der Waals surface area contributed by atoms with Crippen LogP contribution in [-0.4, -0.2) is 38.7 Å². The van der Waals surface area contributed by atoms with Crippen LogP contribution in [0.25, 0.3) is 0 Å². The molecule has 2 amide bonds. The molecule has 1 aromatic heterocycles. The number of aryl methyl sites for hydroxylation is 2. The fraction of sp³-hybridized carbons (Fsp3) is 0.474. The highest BCUT2D eigenvalue weighted by Gasteiger charge is 2.23. The van der Waals surface area contributed by atoms with Crippen molar-refractivity contribution in [3.8, 4) is 0 Å². The molecule has 0 aliphatic carbocycles. The van der Waals surface area contributed by atoms with E-state index < -0.39 is 6.04 Å². The van der Waals surface area contributed by atoms with Gasteiger partial charge in [0.25, 0.3) is 0 Å². The second-order valence-electron chi connectivity index (χ2n) is 6.78. The fourth-order valence-electron chi connectivity index (χ4n) is 3.25. The molecule has 0 bridgehead atoms. The van der Waals surface area contributed by atoms with Gasteiger partial charge in [0, 0.05) is 13.1 Å². The van der Waals surface area contributed by atoms with E-state index >= 15 is 0 Å². The summed E-state index contributed by atoms with van der Waals surface area (Å²) in [5.74, 6) is 0.0144. The molecule has 27 heavy (non-hydrogen) atoms. The summed E-state index contributed by atoms with van der Waals surface area (Å²) in [6.45, 7) is 2.69. The SMILES string of the molecule is Cc1nn(CC(=O)N[C@H]2CCCCNC2=O)c(=O)n1CCc1ccccc1. The van der Waals surface area contributed by atoms with E-state index in [1.165, 1.54) is 0 Å². The van der Waals surface area contributed by atoms with Crippen LogP contribution in [0.1, 0.15) is 30.7 Å². The molecule has 2 heterocycles. The first-order valence-electron chi connectivity index (χ1n) is 9.30. The van der Waals surface area contributed by atoms with E-state index in [1.807, 2.05) is 30.3 Å². The number of amides is 2. The molecule has 1 fully saturated rings. The minimum atomic E-state index is -0.544. The van der Waals surface area contributed by atoms with Crippen molar-refractivity contribution < 1.29 is 9.59 Å². The van der Waals surface area contributed by atoms with Crippen molar-refractivity contribution in [2.24, 2.45) is 0 Å². The number of carbonyl (C=O) groups is 2. The van der Waals surface area contributed by atoms with Gasteiger partial charge in [-0.1, -0.05) is 30.3 Å². The monoisotopic (exact) mass is 371 g/mol. The van der Waals surface area contributed by atoms with Crippen LogP contribution in [0.2, 0.25) is 0 Å². The Balaban J connectivity index is 1.62. The van der Waals surface area contributed by atoms with Crippen molar-refractivity contribution in [1.82, 2.24) is 25.0 Å². The molecule has 0 saturated carbocycles. The molecule has 0 unspecified atom stereocenters. The van der Waals surface area contributed by atoms with E-state index in [0.29, 0.717) is 31.8 Å². The summed E-state index contributed by atoms with van der Waals surface area (Å²) in [6.07, 6.45) is 3.10. The molecule has 2 N–H and O–H groups in total. The van der Waals surface area contributed by atoms with Crippen LogP contribution in [0.4, 0.5) is 0 Å². The number of aromatic nitrogens is 3. The molecule has 8 nitrogen and oxygen atoms in total. The molecule has 1 aliphatic rings. The van der Waals surface area contributed by atoms with Crippen molar-refractivity contribution in [2.75, 3.05) is 6.54 Å². The average molecular weight is 371 g/mol. The second kappa shape index (κ2) is 8.66. The Labute approximate surface area is 157 Å². The molecule has 2 aromatic rings. The molecule has 1 aromatic carbocycles. The van der Waals surface area contributed by atoms with Crippen LogP contribution >= 0.6 is 0 Å². The predicted octanol–water partition coefficient (Wildman–Crippen LogP) is 0.381. The Morgan fingerprint density at radius 3 is 2.81 bits per heavy atom. The Bertz CT molecular complexity index is 856. The van der Waals surface area contributed by atoms with Gasteiger partial charge in [-0.15, -0.1) is 0 Å². The van der Waals surface area contributed by atoms with Gasteiger partial charge in [0.15, 0.2) is 0 Å². The van der Waals surface area contributed by atoms with Crippen molar-refractivity contribution in [1.29, 1.82) is 0 Å². The lowest BCUT2D eigenvalue weighted by Gasteiger charge is -2.14. The van der Waals surface area contributed by atoms with Gasteiger partial charge in [0.1, 0.15) is 18.4 Å². The standard InChI is InChI=1S/C19H25N5O3/c1-14-22-24(13-17(25)21-16-9-5-6-11-20-18(16)26)19(27)23(14)12-10-15-7-3-2-4-8-15/h2-4,7-8,16H,5-6,9-13H2,1H3,(H,20,26)(H,21,25)/t16-/m0/s1. The van der Waals surface area contributed by atoms with Crippen LogP contribution in [-0.2, 0) is 29.1 Å². The molecule has 3 rings (SSSR count). The number of rotatable bonds is 6. The lowest BCUT2D eigenvalue weighted by Crippen LogP contribution is -2.47. The largest absolute Gasteiger partial charge is 0.354 e. The zero-order valence-electron chi connectivity index (χ0n) is 15.5. The minimum Gasteiger partial charge on any atom is -0.354 e. The molecule has 1 aliphatic heterocycles. The summed E-state index contributed by atoms with van der Waals surface area (Å²) in [7, 11) is 0. The lowest BCUT2D eigenvalue weighted by molar-refractivity contribution is -0.129. The van der Waals surface area contributed by atoms with Gasteiger partial charge in [-0.2, -0.15) is 5.10 Å². The first kappa shape index (κ1) is 18.9. The third kappa shape index (κ3) is 4.84. The topological polar surface area (TPSA) is 98.0 Å². The van der Waals surface area contributed by atoms with E-state index in [0.717, 1.165) is 23.1 Å². The number of benzene rings is 1. The normalized spacial score (nSPS) is 17.2. The number of nitrogens with one attached hydrogen (secondary N) is 2. The Morgan fingerprint density at radius 1 is 1.26 bits per heavy atom. The first-order valence-corrected chi connectivity index (χ1v) is 9.30. The zero-order chi connectivity index (χ0) is 19.2. The smallest absolute Gasteiger partial charge is 0.346 e. The second-order valence-corrected chi connectivity index (χ2v) is 6.78. The molecule has 0 spiro atoms. The number of nitrogens with zero attached hydrogens (tertiary/aromatic N) is 3. The predicted molar refractivity (Wildman–Crippen MR) is 100 cm³/mol. The maximum absolute atomic E-state index is 12.6. The zero-order valence-corrected chi connectivity index (χ0v) is 15.5. The summed E-state index contributed by atoms with van der Waals surface area (Å²) in [5, 5.41) is 9.69. The Kier molecular flexibility index (Phi) is 6.05. The maximum Gasteiger partial charge on any atom is 0.346 e. The molecular weight excluding hydrogens is 346 g/mol. The number of hydrogen-bond acceptors (Lipinski definition) is 4. The highest BCUT2D eigenvalue weighted by Crippen LogP contribution is 2.05. The van der Waals surface area contributed by atoms with Crippen LogP contribution in [0.5, 0.6) is 0 Å². The highest BCUT2D eigenvalue weighted by atomic mass is 16.2. The summed E-state index contributed by atoms with van der Waals surface area (Å²) in [6, 6.07) is 9.35. The van der Waals surface area contributed by atoms with Gasteiger partial charge < -0.3 is 10.6 Å². The molecule has 144 valence electrons. The Hall–Kier alpha value is -2.90. The maximum atomic E-state index is 12.6. The average Bonchev–Trinajstić information content (AvgIpc) is 2.80. The van der Waals surface area contributed by atoms with Crippen molar-refractivity contribution >= 4 is 11.8 Å². The Morgan fingerprint density at radius 2 is 2.04 bits per heavy atom. The van der Waals surface area contributed by atoms with Gasteiger partial charge in [0.2, 0.25) is 11.8 Å². The van der Waals surface area contributed by atoms with Gasteiger partial charge in [-0.05, 0) is 38.2 Å². The van der Waals surface area contributed by atoms with Crippen LogP contribution in [0, 0.1) is 6.92 Å². The van der Waals surface area contributed by atoms with E-state index in [-0.39, 0.29) is 24.0 Å². The van der Waals surface area contributed by atoms with Crippen LogP contribution in [0.15, 0.2) is 35.1 Å². The molecule has 8 heteroatoms. The lowest BCUT2D eigenvalue weighted by atomic mass is 10.1. The quantitative estimate of drug-likeness (QED) is 0.767. The summed E-state index contributed by atoms with van der Waals surface area (Å²) < 4.78 is 2.73. The van der Waals surface area contributed by atoms with Gasteiger partial charge >= 0.3 is 5.69 Å².